The van der Waals surface area contributed by atoms with Crippen LogP contribution in [0, 0.1) is 29.4 Å². The zero-order valence-electron chi connectivity index (χ0n) is 17.2. The lowest BCUT2D eigenvalue weighted by atomic mass is 9.74. The van der Waals surface area contributed by atoms with Gasteiger partial charge in [0.1, 0.15) is 0 Å². The largest absolute Gasteiger partial charge is 0.204 e. The van der Waals surface area contributed by atoms with Gasteiger partial charge in [-0.25, -0.2) is 8.78 Å². The maximum Gasteiger partial charge on any atom is 0.166 e. The van der Waals surface area contributed by atoms with E-state index in [4.69, 9.17) is 0 Å². The molecule has 2 fully saturated rings. The molecule has 0 nitrogen and oxygen atoms in total. The summed E-state index contributed by atoms with van der Waals surface area (Å²) >= 11 is 0. The highest BCUT2D eigenvalue weighted by Crippen LogP contribution is 2.40. The van der Waals surface area contributed by atoms with Crippen LogP contribution < -0.4 is 0 Å². The van der Waals surface area contributed by atoms with Gasteiger partial charge in [0.25, 0.3) is 0 Å². The number of hydrogen-bond donors (Lipinski definition) is 0. The second-order valence-corrected chi connectivity index (χ2v) is 9.43. The molecule has 2 aromatic rings. The van der Waals surface area contributed by atoms with Crippen molar-refractivity contribution >= 4 is 10.8 Å². The van der Waals surface area contributed by atoms with E-state index < -0.39 is 11.6 Å². The molecule has 0 aliphatic heterocycles. The fourth-order valence-electron chi connectivity index (χ4n) is 5.72. The lowest BCUT2D eigenvalue weighted by molar-refractivity contribution is 0.227. The smallest absolute Gasteiger partial charge is 0.166 e. The summed E-state index contributed by atoms with van der Waals surface area (Å²) in [4.78, 5) is 0. The van der Waals surface area contributed by atoms with Crippen LogP contribution in [0.1, 0.15) is 89.0 Å². The van der Waals surface area contributed by atoms with Gasteiger partial charge in [-0.2, -0.15) is 0 Å². The number of benzene rings is 2. The first kappa shape index (κ1) is 19.9. The Hall–Kier alpha value is -1.44. The lowest BCUT2D eigenvalue weighted by Gasteiger charge is -2.32. The molecule has 152 valence electrons. The maximum absolute atomic E-state index is 13.9. The Bertz CT molecular complexity index is 780. The molecule has 0 N–H and O–H groups in total. The number of rotatable bonds is 5. The highest BCUT2D eigenvalue weighted by Gasteiger charge is 2.25. The first-order valence-electron chi connectivity index (χ1n) is 11.5. The zero-order valence-corrected chi connectivity index (χ0v) is 17.2. The van der Waals surface area contributed by atoms with E-state index in [0.717, 1.165) is 23.1 Å². The third-order valence-corrected chi connectivity index (χ3v) is 7.78. The molecule has 2 aliphatic rings. The lowest BCUT2D eigenvalue weighted by Crippen LogP contribution is -2.17. The van der Waals surface area contributed by atoms with Gasteiger partial charge in [-0.3, -0.25) is 0 Å². The SMILES string of the molecule is CCC1CCC(CCC2CCC(c3ccc4c(F)c(F)ccc4c3)CC2)CC1. The standard InChI is InChI=1S/C26H34F2/c1-2-18-3-5-19(6-4-18)7-8-20-9-11-21(12-10-20)22-13-15-24-23(17-22)14-16-25(27)26(24)28/h13-21H,2-12H2,1H3. The Labute approximate surface area is 168 Å². The van der Waals surface area contributed by atoms with Crippen LogP contribution >= 0.6 is 0 Å². The van der Waals surface area contributed by atoms with E-state index in [1.807, 2.05) is 6.07 Å². The Kier molecular flexibility index (Phi) is 6.33. The topological polar surface area (TPSA) is 0 Å². The normalized spacial score (nSPS) is 28.5. The van der Waals surface area contributed by atoms with Crippen molar-refractivity contribution in [1.82, 2.24) is 0 Å². The van der Waals surface area contributed by atoms with Gasteiger partial charge in [0.2, 0.25) is 0 Å². The number of hydrogen-bond acceptors (Lipinski definition) is 0. The van der Waals surface area contributed by atoms with E-state index in [9.17, 15) is 8.78 Å². The minimum Gasteiger partial charge on any atom is -0.204 e. The van der Waals surface area contributed by atoms with Gasteiger partial charge in [-0.15, -0.1) is 0 Å². The Morgan fingerprint density at radius 2 is 1.36 bits per heavy atom. The van der Waals surface area contributed by atoms with Crippen LogP contribution in [-0.2, 0) is 0 Å². The third-order valence-electron chi connectivity index (χ3n) is 7.78. The van der Waals surface area contributed by atoms with Gasteiger partial charge in [-0.05, 0) is 66.4 Å². The average molecular weight is 385 g/mol. The van der Waals surface area contributed by atoms with Crippen molar-refractivity contribution in [3.05, 3.63) is 47.5 Å². The molecule has 0 heterocycles. The molecule has 0 bridgehead atoms. The van der Waals surface area contributed by atoms with Gasteiger partial charge < -0.3 is 0 Å². The van der Waals surface area contributed by atoms with Crippen LogP contribution in [0.15, 0.2) is 30.3 Å². The highest BCUT2D eigenvalue weighted by atomic mass is 19.2. The van der Waals surface area contributed by atoms with E-state index in [2.05, 4.69) is 13.0 Å². The molecule has 2 aromatic carbocycles. The quantitative estimate of drug-likeness (QED) is 0.485. The summed E-state index contributed by atoms with van der Waals surface area (Å²) in [5.41, 5.74) is 1.30. The van der Waals surface area contributed by atoms with Crippen molar-refractivity contribution in [3.63, 3.8) is 0 Å². The Morgan fingerprint density at radius 1 is 0.750 bits per heavy atom. The van der Waals surface area contributed by atoms with Crippen LogP contribution in [0.3, 0.4) is 0 Å². The molecule has 0 radical (unpaired) electrons. The van der Waals surface area contributed by atoms with Crippen molar-refractivity contribution < 1.29 is 8.78 Å². The molecule has 2 aliphatic carbocycles. The van der Waals surface area contributed by atoms with E-state index in [0.29, 0.717) is 11.3 Å². The summed E-state index contributed by atoms with van der Waals surface area (Å²) in [7, 11) is 0. The van der Waals surface area contributed by atoms with Crippen LogP contribution in [0.4, 0.5) is 8.78 Å². The van der Waals surface area contributed by atoms with Crippen LogP contribution in [0.5, 0.6) is 0 Å². The van der Waals surface area contributed by atoms with Crippen LogP contribution in [-0.4, -0.2) is 0 Å². The molecule has 0 aromatic heterocycles. The molecular formula is C26H34F2. The molecule has 0 atom stereocenters. The maximum atomic E-state index is 13.9. The molecule has 0 amide bonds. The molecule has 2 heteroatoms. The summed E-state index contributed by atoms with van der Waals surface area (Å²) in [5.74, 6) is 1.97. The van der Waals surface area contributed by atoms with Gasteiger partial charge in [0.15, 0.2) is 11.6 Å². The van der Waals surface area contributed by atoms with E-state index in [1.165, 1.54) is 82.3 Å². The third kappa shape index (κ3) is 4.42. The fourth-order valence-corrected chi connectivity index (χ4v) is 5.72. The highest BCUT2D eigenvalue weighted by molar-refractivity contribution is 5.84. The number of halogens is 2. The molecule has 4 rings (SSSR count). The van der Waals surface area contributed by atoms with Crippen molar-refractivity contribution in [2.24, 2.45) is 17.8 Å². The van der Waals surface area contributed by atoms with Gasteiger partial charge >= 0.3 is 0 Å². The van der Waals surface area contributed by atoms with Crippen LogP contribution in [0.25, 0.3) is 10.8 Å². The van der Waals surface area contributed by atoms with Gasteiger partial charge in [0, 0.05) is 5.39 Å². The Balaban J connectivity index is 1.28. The number of fused-ring (bicyclic) bond motifs is 1. The molecule has 28 heavy (non-hydrogen) atoms. The second-order valence-electron chi connectivity index (χ2n) is 9.43. The zero-order chi connectivity index (χ0) is 19.5. The summed E-state index contributed by atoms with van der Waals surface area (Å²) in [6.45, 7) is 2.34. The van der Waals surface area contributed by atoms with Crippen LogP contribution in [0.2, 0.25) is 0 Å². The van der Waals surface area contributed by atoms with Crippen molar-refractivity contribution in [2.45, 2.75) is 83.5 Å². The van der Waals surface area contributed by atoms with Crippen molar-refractivity contribution in [3.8, 4) is 0 Å². The Morgan fingerprint density at radius 3 is 2.00 bits per heavy atom. The van der Waals surface area contributed by atoms with E-state index in [-0.39, 0.29) is 0 Å². The predicted molar refractivity (Wildman–Crippen MR) is 114 cm³/mol. The minimum atomic E-state index is -0.760. The fraction of sp³-hybridized carbons (Fsp3) is 0.615. The molecule has 0 unspecified atom stereocenters. The van der Waals surface area contributed by atoms with Crippen molar-refractivity contribution in [2.75, 3.05) is 0 Å². The molecular weight excluding hydrogens is 350 g/mol. The molecule has 0 spiro atoms. The van der Waals surface area contributed by atoms with Gasteiger partial charge in [-0.1, -0.05) is 76.1 Å². The van der Waals surface area contributed by atoms with Crippen molar-refractivity contribution in [1.29, 1.82) is 0 Å². The minimum absolute atomic E-state index is 0.398. The average Bonchev–Trinajstić information content (AvgIpc) is 2.75. The molecule has 0 saturated heterocycles. The summed E-state index contributed by atoms with van der Waals surface area (Å²) in [6, 6.07) is 8.81. The summed E-state index contributed by atoms with van der Waals surface area (Å²) in [5, 5.41) is 1.22. The summed E-state index contributed by atoms with van der Waals surface area (Å²) in [6.07, 6.45) is 15.2. The first-order valence-corrected chi connectivity index (χ1v) is 11.5. The first-order chi connectivity index (χ1) is 13.6. The van der Waals surface area contributed by atoms with E-state index >= 15 is 0 Å². The summed E-state index contributed by atoms with van der Waals surface area (Å²) < 4.78 is 27.3. The second kappa shape index (κ2) is 8.93. The molecule has 2 saturated carbocycles. The monoisotopic (exact) mass is 384 g/mol. The predicted octanol–water partition coefficient (Wildman–Crippen LogP) is 8.39. The van der Waals surface area contributed by atoms with Gasteiger partial charge in [0.05, 0.1) is 0 Å². The van der Waals surface area contributed by atoms with E-state index in [1.54, 1.807) is 12.1 Å².